The van der Waals surface area contributed by atoms with Gasteiger partial charge in [-0.25, -0.2) is 9.07 Å². The van der Waals surface area contributed by atoms with E-state index in [1.54, 1.807) is 41.9 Å². The predicted molar refractivity (Wildman–Crippen MR) is 181 cm³/mol. The molecule has 0 saturated carbocycles. The topological polar surface area (TPSA) is 109 Å². The lowest BCUT2D eigenvalue weighted by atomic mass is 9.80. The van der Waals surface area contributed by atoms with Crippen LogP contribution in [0.4, 0.5) is 23.4 Å². The molecule has 1 saturated heterocycles. The largest absolute Gasteiger partial charge is 0.416 e. The minimum absolute atomic E-state index is 0.0688. The third-order valence-corrected chi connectivity index (χ3v) is 8.86. The van der Waals surface area contributed by atoms with E-state index in [-0.39, 0.29) is 24.6 Å². The Morgan fingerprint density at radius 2 is 1.73 bits per heavy atom. The number of halogens is 4. The number of ether oxygens (including phenoxy) is 1. The van der Waals surface area contributed by atoms with Crippen molar-refractivity contribution in [2.24, 2.45) is 0 Å². The molecule has 2 aliphatic rings. The lowest BCUT2D eigenvalue weighted by molar-refractivity contribution is -0.137. The molecule has 10 nitrogen and oxygen atoms in total. The first-order valence-electron chi connectivity index (χ1n) is 16.5. The van der Waals surface area contributed by atoms with Gasteiger partial charge in [0.15, 0.2) is 0 Å². The molecule has 0 radical (unpaired) electrons. The monoisotopic (exact) mass is 704 g/mol. The zero-order chi connectivity index (χ0) is 36.1. The molecule has 3 amide bonds. The van der Waals surface area contributed by atoms with Crippen molar-refractivity contribution >= 4 is 23.5 Å². The Labute approximate surface area is 291 Å². The number of rotatable bonds is 10. The van der Waals surface area contributed by atoms with Crippen LogP contribution in [0.2, 0.25) is 0 Å². The number of alkyl halides is 3. The van der Waals surface area contributed by atoms with Crippen LogP contribution in [0.3, 0.4) is 0 Å². The second-order valence-electron chi connectivity index (χ2n) is 12.1. The van der Waals surface area contributed by atoms with Crippen LogP contribution >= 0.6 is 0 Å². The van der Waals surface area contributed by atoms with E-state index < -0.39 is 41.3 Å². The third-order valence-electron chi connectivity index (χ3n) is 8.86. The number of fused-ring (bicyclic) bond motifs is 1. The number of para-hydroxylation sites is 1. The summed E-state index contributed by atoms with van der Waals surface area (Å²) in [5.41, 5.74) is 0.620. The number of anilines is 1. The van der Waals surface area contributed by atoms with E-state index in [2.05, 4.69) is 15.5 Å². The van der Waals surface area contributed by atoms with Crippen molar-refractivity contribution in [3.8, 4) is 5.69 Å². The van der Waals surface area contributed by atoms with E-state index in [9.17, 15) is 31.9 Å². The summed E-state index contributed by atoms with van der Waals surface area (Å²) in [7, 11) is 0. The van der Waals surface area contributed by atoms with Gasteiger partial charge in [0.05, 0.1) is 36.7 Å². The van der Waals surface area contributed by atoms with Crippen molar-refractivity contribution in [2.75, 3.05) is 44.3 Å². The van der Waals surface area contributed by atoms with Crippen LogP contribution in [0.25, 0.3) is 5.69 Å². The van der Waals surface area contributed by atoms with Crippen molar-refractivity contribution in [2.45, 2.75) is 31.6 Å². The number of carbonyl (C=O) groups is 3. The second kappa shape index (κ2) is 15.3. The van der Waals surface area contributed by atoms with Gasteiger partial charge in [0.1, 0.15) is 17.7 Å². The summed E-state index contributed by atoms with van der Waals surface area (Å²) in [5, 5.41) is 10.4. The van der Waals surface area contributed by atoms with Gasteiger partial charge < -0.3 is 15.4 Å². The molecular formula is C37H36F4N6O4. The highest BCUT2D eigenvalue weighted by Gasteiger charge is 2.46. The predicted octanol–water partition coefficient (Wildman–Crippen LogP) is 4.83. The van der Waals surface area contributed by atoms with E-state index >= 15 is 0 Å². The third kappa shape index (κ3) is 7.86. The molecule has 14 heteroatoms. The summed E-state index contributed by atoms with van der Waals surface area (Å²) in [6.07, 6.45) is -1.49. The highest BCUT2D eigenvalue weighted by molar-refractivity contribution is 6.05. The molecule has 0 aliphatic carbocycles. The van der Waals surface area contributed by atoms with Crippen molar-refractivity contribution < 1.29 is 36.7 Å². The number of nitrogens with zero attached hydrogens (tertiary/aromatic N) is 4. The molecule has 3 heterocycles. The first-order valence-corrected chi connectivity index (χ1v) is 16.5. The minimum atomic E-state index is -4.69. The van der Waals surface area contributed by atoms with Gasteiger partial charge in [-0.3, -0.25) is 24.2 Å². The molecule has 2 atom stereocenters. The van der Waals surface area contributed by atoms with Crippen LogP contribution in [0, 0.1) is 5.82 Å². The highest BCUT2D eigenvalue weighted by atomic mass is 19.4. The molecule has 0 unspecified atom stereocenters. The summed E-state index contributed by atoms with van der Waals surface area (Å²) in [5.74, 6) is -2.93. The molecule has 0 spiro atoms. The smallest absolute Gasteiger partial charge is 0.379 e. The molecule has 1 aromatic heterocycles. The van der Waals surface area contributed by atoms with Gasteiger partial charge in [0, 0.05) is 49.3 Å². The standard InChI is InChI=1S/C37H36F4N6O4/c1-2-46-35-32(29(44-47(35)28-10-4-3-5-11-28)23-42-30(48)12-7-17-45-18-20-51-21-19-45)31(24-13-15-27(38)16-14-24)33(36(46)50)43-34(49)25-8-6-9-26(22-25)37(39,40)41/h3-16,22,31,33H,2,17-21,23H2,1H3,(H,42,48)(H,43,49)/b12-7+/t31-,33-/m0/s1. The number of aromatic nitrogens is 2. The Kier molecular flexibility index (Phi) is 10.6. The molecular weight excluding hydrogens is 668 g/mol. The number of likely N-dealkylation sites (N-methyl/N-ethyl adjacent to an activating group) is 1. The minimum Gasteiger partial charge on any atom is -0.379 e. The maximum Gasteiger partial charge on any atom is 0.416 e. The Morgan fingerprint density at radius 3 is 2.41 bits per heavy atom. The van der Waals surface area contributed by atoms with Gasteiger partial charge in [0.25, 0.3) is 11.8 Å². The SMILES string of the molecule is CCN1C(=O)[C@@H](NC(=O)c2cccc(C(F)(F)F)c2)[C@@H](c2ccc(F)cc2)c2c(CNC(=O)/C=C/CN3CCOCC3)nn(-c3ccccc3)c21. The number of carbonyl (C=O) groups excluding carboxylic acids is 3. The highest BCUT2D eigenvalue weighted by Crippen LogP contribution is 2.44. The van der Waals surface area contributed by atoms with Crippen LogP contribution in [-0.4, -0.2) is 77.8 Å². The second-order valence-corrected chi connectivity index (χ2v) is 12.1. The summed E-state index contributed by atoms with van der Waals surface area (Å²) in [6, 6.07) is 17.0. The van der Waals surface area contributed by atoms with Gasteiger partial charge in [-0.05, 0) is 55.0 Å². The molecule has 266 valence electrons. The lowest BCUT2D eigenvalue weighted by Crippen LogP contribution is -2.55. The Hall–Kier alpha value is -5.34. The number of nitrogens with one attached hydrogen (secondary N) is 2. The summed E-state index contributed by atoms with van der Waals surface area (Å²) < 4.78 is 61.8. The van der Waals surface area contributed by atoms with Crippen LogP contribution < -0.4 is 15.5 Å². The fourth-order valence-electron chi connectivity index (χ4n) is 6.37. The first-order chi connectivity index (χ1) is 24.5. The number of hydrogen-bond donors (Lipinski definition) is 2. The molecule has 2 N–H and O–H groups in total. The Balaban J connectivity index is 1.41. The molecule has 4 aromatic rings. The molecule has 6 rings (SSSR count). The average molecular weight is 705 g/mol. The van der Waals surface area contributed by atoms with Gasteiger partial charge in [0.2, 0.25) is 5.91 Å². The number of amides is 3. The van der Waals surface area contributed by atoms with Crippen LogP contribution in [-0.2, 0) is 27.0 Å². The van der Waals surface area contributed by atoms with Crippen molar-refractivity contribution in [3.63, 3.8) is 0 Å². The van der Waals surface area contributed by atoms with Crippen molar-refractivity contribution in [1.29, 1.82) is 0 Å². The van der Waals surface area contributed by atoms with Gasteiger partial charge >= 0.3 is 6.18 Å². The Bertz CT molecular complexity index is 1910. The fourth-order valence-corrected chi connectivity index (χ4v) is 6.37. The Morgan fingerprint density at radius 1 is 1.00 bits per heavy atom. The fraction of sp³-hybridized carbons (Fsp3) is 0.297. The lowest BCUT2D eigenvalue weighted by Gasteiger charge is -2.38. The van der Waals surface area contributed by atoms with Crippen LogP contribution in [0.15, 0.2) is 91.0 Å². The summed E-state index contributed by atoms with van der Waals surface area (Å²) in [6.45, 7) is 5.17. The van der Waals surface area contributed by atoms with E-state index in [4.69, 9.17) is 9.84 Å². The van der Waals surface area contributed by atoms with E-state index in [1.807, 2.05) is 6.07 Å². The van der Waals surface area contributed by atoms with E-state index in [0.29, 0.717) is 48.1 Å². The molecule has 0 bridgehead atoms. The maximum atomic E-state index is 14.4. The zero-order valence-corrected chi connectivity index (χ0v) is 27.7. The van der Waals surface area contributed by atoms with Crippen molar-refractivity contribution in [3.05, 3.63) is 125 Å². The normalized spacial score (nSPS) is 18.1. The molecule has 2 aliphatic heterocycles. The first kappa shape index (κ1) is 35.5. The molecule has 3 aromatic carbocycles. The maximum absolute atomic E-state index is 14.4. The quantitative estimate of drug-likeness (QED) is 0.181. The number of morpholine rings is 1. The number of benzene rings is 3. The van der Waals surface area contributed by atoms with Crippen LogP contribution in [0.5, 0.6) is 0 Å². The van der Waals surface area contributed by atoms with Crippen molar-refractivity contribution in [1.82, 2.24) is 25.3 Å². The van der Waals surface area contributed by atoms with Crippen LogP contribution in [0.1, 0.15) is 45.6 Å². The molecule has 1 fully saturated rings. The zero-order valence-electron chi connectivity index (χ0n) is 27.7. The van der Waals surface area contributed by atoms with Gasteiger partial charge in [-0.1, -0.05) is 42.5 Å². The van der Waals surface area contributed by atoms with E-state index in [1.165, 1.54) is 41.3 Å². The average Bonchev–Trinajstić information content (AvgIpc) is 3.51. The van der Waals surface area contributed by atoms with Gasteiger partial charge in [-0.2, -0.15) is 18.3 Å². The molecule has 51 heavy (non-hydrogen) atoms. The number of hydrogen-bond acceptors (Lipinski definition) is 6. The summed E-state index contributed by atoms with van der Waals surface area (Å²) >= 11 is 0. The van der Waals surface area contributed by atoms with E-state index in [0.717, 1.165) is 31.3 Å². The van der Waals surface area contributed by atoms with Gasteiger partial charge in [-0.15, -0.1) is 0 Å². The summed E-state index contributed by atoms with van der Waals surface area (Å²) in [4.78, 5) is 44.6.